The molecular weight excluding hydrogens is 392 g/mol. The lowest BCUT2D eigenvalue weighted by molar-refractivity contribution is -0.128. The minimum Gasteiger partial charge on any atom is -0.331 e. The Hall–Kier alpha value is -3.19. The third-order valence-electron chi connectivity index (χ3n) is 4.38. The zero-order chi connectivity index (χ0) is 21.0. The van der Waals surface area contributed by atoms with Gasteiger partial charge >= 0.3 is 0 Å². The SMILES string of the molecule is Cc1cccc(N2N=C(C(=O)N(C)CC(=O)Nc3ccc(Cl)cc3)CCC2=O)c1. The van der Waals surface area contributed by atoms with Gasteiger partial charge in [-0.05, 0) is 48.9 Å². The minimum absolute atomic E-state index is 0.140. The Labute approximate surface area is 173 Å². The third-order valence-corrected chi connectivity index (χ3v) is 4.63. The predicted octanol–water partition coefficient (Wildman–Crippen LogP) is 3.23. The number of hydrogen-bond donors (Lipinski definition) is 1. The molecule has 3 rings (SSSR count). The van der Waals surface area contributed by atoms with Crippen molar-refractivity contribution >= 4 is 46.4 Å². The van der Waals surface area contributed by atoms with Gasteiger partial charge in [-0.15, -0.1) is 0 Å². The second-order valence-corrected chi connectivity index (χ2v) is 7.24. The van der Waals surface area contributed by atoms with E-state index in [1.807, 2.05) is 25.1 Å². The van der Waals surface area contributed by atoms with Crippen LogP contribution in [0.25, 0.3) is 0 Å². The topological polar surface area (TPSA) is 82.1 Å². The van der Waals surface area contributed by atoms with Crippen molar-refractivity contribution in [1.82, 2.24) is 4.90 Å². The van der Waals surface area contributed by atoms with Crippen LogP contribution in [0.4, 0.5) is 11.4 Å². The highest BCUT2D eigenvalue weighted by Gasteiger charge is 2.28. The van der Waals surface area contributed by atoms with Gasteiger partial charge in [-0.25, -0.2) is 5.01 Å². The number of rotatable bonds is 5. The molecule has 0 aromatic heterocycles. The molecule has 1 aliphatic heterocycles. The van der Waals surface area contributed by atoms with E-state index in [1.165, 1.54) is 17.0 Å². The standard InChI is InChI=1S/C21H21ClN4O3/c1-14-4-3-5-17(12-14)26-20(28)11-10-18(24-26)21(29)25(2)13-19(27)23-16-8-6-15(22)7-9-16/h3-9,12H,10-11,13H2,1-2H3,(H,23,27). The first-order valence-electron chi connectivity index (χ1n) is 9.11. The molecule has 0 aliphatic carbocycles. The van der Waals surface area contributed by atoms with Crippen LogP contribution in [0, 0.1) is 6.92 Å². The summed E-state index contributed by atoms with van der Waals surface area (Å²) in [5.74, 6) is -0.900. The van der Waals surface area contributed by atoms with Crippen molar-refractivity contribution in [3.05, 3.63) is 59.1 Å². The summed E-state index contributed by atoms with van der Waals surface area (Å²) in [6.45, 7) is 1.78. The quantitative estimate of drug-likeness (QED) is 0.818. The van der Waals surface area contributed by atoms with Crippen molar-refractivity contribution in [1.29, 1.82) is 0 Å². The van der Waals surface area contributed by atoms with E-state index in [1.54, 1.807) is 30.3 Å². The second kappa shape index (κ2) is 8.87. The number of likely N-dealkylation sites (N-methyl/N-ethyl adjacent to an activating group) is 1. The molecule has 7 nitrogen and oxygen atoms in total. The molecule has 2 aromatic carbocycles. The maximum absolute atomic E-state index is 12.7. The number of nitrogens with zero attached hydrogens (tertiary/aromatic N) is 3. The molecule has 0 spiro atoms. The Morgan fingerprint density at radius 2 is 1.90 bits per heavy atom. The molecular formula is C21H21ClN4O3. The molecule has 0 bridgehead atoms. The number of carbonyl (C=O) groups is 3. The Balaban J connectivity index is 1.67. The van der Waals surface area contributed by atoms with Gasteiger partial charge in [-0.1, -0.05) is 23.7 Å². The summed E-state index contributed by atoms with van der Waals surface area (Å²) >= 11 is 5.83. The summed E-state index contributed by atoms with van der Waals surface area (Å²) in [5.41, 5.74) is 2.43. The molecule has 2 aromatic rings. The summed E-state index contributed by atoms with van der Waals surface area (Å²) in [7, 11) is 1.53. The fraction of sp³-hybridized carbons (Fsp3) is 0.238. The molecule has 0 fully saturated rings. The fourth-order valence-electron chi connectivity index (χ4n) is 2.91. The van der Waals surface area contributed by atoms with Crippen molar-refractivity contribution in [3.8, 4) is 0 Å². The summed E-state index contributed by atoms with van der Waals surface area (Å²) in [5, 5.41) is 8.79. The van der Waals surface area contributed by atoms with Crippen molar-refractivity contribution < 1.29 is 14.4 Å². The van der Waals surface area contributed by atoms with Gasteiger partial charge < -0.3 is 10.2 Å². The number of carbonyl (C=O) groups excluding carboxylic acids is 3. The van der Waals surface area contributed by atoms with E-state index in [0.29, 0.717) is 16.4 Å². The largest absolute Gasteiger partial charge is 0.331 e. The Bertz CT molecular complexity index is 972. The summed E-state index contributed by atoms with van der Waals surface area (Å²) < 4.78 is 0. The van der Waals surface area contributed by atoms with Crippen molar-refractivity contribution in [2.24, 2.45) is 5.10 Å². The number of halogens is 1. The van der Waals surface area contributed by atoms with Gasteiger partial charge in [0.05, 0.1) is 12.2 Å². The molecule has 0 radical (unpaired) electrons. The van der Waals surface area contributed by atoms with Crippen LogP contribution in [0.15, 0.2) is 53.6 Å². The average molecular weight is 413 g/mol. The lowest BCUT2D eigenvalue weighted by Gasteiger charge is -2.25. The first kappa shape index (κ1) is 20.5. The molecule has 0 saturated carbocycles. The van der Waals surface area contributed by atoms with Gasteiger partial charge in [0.2, 0.25) is 11.8 Å². The number of aryl methyl sites for hydroxylation is 1. The lowest BCUT2D eigenvalue weighted by atomic mass is 10.1. The minimum atomic E-state index is -0.388. The van der Waals surface area contributed by atoms with Gasteiger partial charge in [-0.3, -0.25) is 14.4 Å². The number of hydrogen-bond acceptors (Lipinski definition) is 4. The van der Waals surface area contributed by atoms with E-state index >= 15 is 0 Å². The van der Waals surface area contributed by atoms with E-state index in [2.05, 4.69) is 10.4 Å². The van der Waals surface area contributed by atoms with Crippen LogP contribution in [-0.2, 0) is 14.4 Å². The van der Waals surface area contributed by atoms with Gasteiger partial charge in [0, 0.05) is 30.6 Å². The first-order chi connectivity index (χ1) is 13.8. The first-order valence-corrected chi connectivity index (χ1v) is 9.49. The smallest absolute Gasteiger partial charge is 0.270 e. The highest BCUT2D eigenvalue weighted by atomic mass is 35.5. The molecule has 0 unspecified atom stereocenters. The van der Waals surface area contributed by atoms with Crippen molar-refractivity contribution in [3.63, 3.8) is 0 Å². The monoisotopic (exact) mass is 412 g/mol. The number of benzene rings is 2. The second-order valence-electron chi connectivity index (χ2n) is 6.81. The molecule has 8 heteroatoms. The molecule has 0 atom stereocenters. The summed E-state index contributed by atoms with van der Waals surface area (Å²) in [6.07, 6.45) is 0.423. The maximum Gasteiger partial charge on any atom is 0.270 e. The Kier molecular flexibility index (Phi) is 6.29. The number of hydrazone groups is 1. The van der Waals surface area contributed by atoms with E-state index < -0.39 is 0 Å². The van der Waals surface area contributed by atoms with E-state index in [9.17, 15) is 14.4 Å². The number of amides is 3. The summed E-state index contributed by atoms with van der Waals surface area (Å²) in [4.78, 5) is 38.5. The van der Waals surface area contributed by atoms with Gasteiger partial charge in [0.15, 0.2) is 0 Å². The third kappa shape index (κ3) is 5.20. The Morgan fingerprint density at radius 1 is 1.17 bits per heavy atom. The zero-order valence-electron chi connectivity index (χ0n) is 16.2. The fourth-order valence-corrected chi connectivity index (χ4v) is 3.04. The van der Waals surface area contributed by atoms with Crippen molar-refractivity contribution in [2.75, 3.05) is 23.9 Å². The summed E-state index contributed by atoms with van der Waals surface area (Å²) in [6, 6.07) is 14.0. The molecule has 0 saturated heterocycles. The van der Waals surface area contributed by atoms with Crippen LogP contribution in [0.3, 0.4) is 0 Å². The Morgan fingerprint density at radius 3 is 2.59 bits per heavy atom. The number of anilines is 2. The van der Waals surface area contributed by atoms with Crippen LogP contribution in [-0.4, -0.2) is 41.9 Å². The van der Waals surface area contributed by atoms with E-state index in [0.717, 1.165) is 5.56 Å². The number of nitrogens with one attached hydrogen (secondary N) is 1. The molecule has 3 amide bonds. The van der Waals surface area contributed by atoms with Crippen molar-refractivity contribution in [2.45, 2.75) is 19.8 Å². The zero-order valence-corrected chi connectivity index (χ0v) is 16.9. The van der Waals surface area contributed by atoms with E-state index in [-0.39, 0.29) is 42.8 Å². The normalized spacial score (nSPS) is 13.7. The van der Waals surface area contributed by atoms with Crippen LogP contribution in [0.2, 0.25) is 5.02 Å². The predicted molar refractivity (Wildman–Crippen MR) is 113 cm³/mol. The van der Waals surface area contributed by atoms with Crippen LogP contribution in [0.5, 0.6) is 0 Å². The molecule has 1 heterocycles. The highest BCUT2D eigenvalue weighted by molar-refractivity contribution is 6.40. The van der Waals surface area contributed by atoms with Crippen LogP contribution >= 0.6 is 11.6 Å². The van der Waals surface area contributed by atoms with Crippen LogP contribution in [0.1, 0.15) is 18.4 Å². The average Bonchev–Trinajstić information content (AvgIpc) is 2.69. The molecule has 1 N–H and O–H groups in total. The maximum atomic E-state index is 12.7. The lowest BCUT2D eigenvalue weighted by Crippen LogP contribution is -2.42. The molecule has 1 aliphatic rings. The molecule has 150 valence electrons. The molecule has 29 heavy (non-hydrogen) atoms. The van der Waals surface area contributed by atoms with E-state index in [4.69, 9.17) is 11.6 Å². The van der Waals surface area contributed by atoms with Gasteiger partial charge in [0.1, 0.15) is 5.71 Å². The van der Waals surface area contributed by atoms with Crippen LogP contribution < -0.4 is 10.3 Å². The highest BCUT2D eigenvalue weighted by Crippen LogP contribution is 2.21. The van der Waals surface area contributed by atoms with Gasteiger partial charge in [-0.2, -0.15) is 5.10 Å². The van der Waals surface area contributed by atoms with Gasteiger partial charge in [0.25, 0.3) is 5.91 Å².